The zero-order chi connectivity index (χ0) is 13.0. The molecule has 0 aliphatic carbocycles. The number of piperazine rings is 1. The van der Waals surface area contributed by atoms with E-state index < -0.39 is 0 Å². The van der Waals surface area contributed by atoms with Crippen LogP contribution in [0.3, 0.4) is 0 Å². The van der Waals surface area contributed by atoms with E-state index in [1.165, 1.54) is 12.0 Å². The van der Waals surface area contributed by atoms with Gasteiger partial charge in [-0.05, 0) is 31.2 Å². The van der Waals surface area contributed by atoms with Gasteiger partial charge in [-0.1, -0.05) is 19.1 Å². The van der Waals surface area contributed by atoms with Crippen molar-refractivity contribution in [2.24, 2.45) is 0 Å². The highest BCUT2D eigenvalue weighted by Crippen LogP contribution is 2.14. The zero-order valence-electron chi connectivity index (χ0n) is 11.3. The van der Waals surface area contributed by atoms with Gasteiger partial charge in [0.15, 0.2) is 0 Å². The fourth-order valence-corrected chi connectivity index (χ4v) is 2.59. The molecule has 0 spiro atoms. The highest BCUT2D eigenvalue weighted by atomic mass is 15.3. The van der Waals surface area contributed by atoms with Crippen molar-refractivity contribution >= 4 is 0 Å². The molecule has 0 amide bonds. The minimum absolute atomic E-state index is 0.665. The number of hydrogen-bond donors (Lipinski definition) is 0. The number of nitrogens with zero attached hydrogens (tertiary/aromatic N) is 3. The van der Waals surface area contributed by atoms with Crippen LogP contribution in [0.5, 0.6) is 0 Å². The minimum Gasteiger partial charge on any atom is -0.301 e. The highest BCUT2D eigenvalue weighted by Gasteiger charge is 2.22. The lowest BCUT2D eigenvalue weighted by atomic mass is 10.1. The van der Waals surface area contributed by atoms with Crippen molar-refractivity contribution in [2.75, 3.05) is 26.7 Å². The molecule has 3 heteroatoms. The summed E-state index contributed by atoms with van der Waals surface area (Å²) in [5.74, 6) is 0. The van der Waals surface area contributed by atoms with Gasteiger partial charge in [0.25, 0.3) is 0 Å². The predicted octanol–water partition coefficient (Wildman–Crippen LogP) is 2.08. The van der Waals surface area contributed by atoms with Gasteiger partial charge in [-0.25, -0.2) is 0 Å². The molecule has 0 bridgehead atoms. The second kappa shape index (κ2) is 5.99. The molecule has 0 N–H and O–H groups in total. The lowest BCUT2D eigenvalue weighted by Gasteiger charge is -2.39. The van der Waals surface area contributed by atoms with E-state index in [0.717, 1.165) is 31.7 Å². The molecule has 1 saturated heterocycles. The molecule has 1 heterocycles. The van der Waals surface area contributed by atoms with Crippen molar-refractivity contribution in [2.45, 2.75) is 25.9 Å². The number of nitriles is 1. The van der Waals surface area contributed by atoms with Crippen molar-refractivity contribution in [1.82, 2.24) is 9.80 Å². The molecule has 1 aliphatic rings. The first kappa shape index (κ1) is 13.1. The summed E-state index contributed by atoms with van der Waals surface area (Å²) < 4.78 is 0. The molecule has 2 rings (SSSR count). The summed E-state index contributed by atoms with van der Waals surface area (Å²) in [5, 5.41) is 8.91. The van der Waals surface area contributed by atoms with E-state index in [1.54, 1.807) is 0 Å². The van der Waals surface area contributed by atoms with Crippen LogP contribution in [0.2, 0.25) is 0 Å². The minimum atomic E-state index is 0.665. The van der Waals surface area contributed by atoms with Crippen LogP contribution in [0, 0.1) is 11.3 Å². The monoisotopic (exact) mass is 243 g/mol. The predicted molar refractivity (Wildman–Crippen MR) is 73.1 cm³/mol. The molecule has 0 aromatic heterocycles. The Morgan fingerprint density at radius 3 is 2.94 bits per heavy atom. The number of hydrogen-bond acceptors (Lipinski definition) is 3. The summed E-state index contributed by atoms with van der Waals surface area (Å²) in [6, 6.07) is 10.8. The Bertz CT molecular complexity index is 436. The number of rotatable bonds is 3. The second-order valence-electron chi connectivity index (χ2n) is 5.09. The van der Waals surface area contributed by atoms with Crippen LogP contribution in [0.15, 0.2) is 24.3 Å². The van der Waals surface area contributed by atoms with Crippen molar-refractivity contribution < 1.29 is 0 Å². The van der Waals surface area contributed by atoms with Crippen molar-refractivity contribution in [3.8, 4) is 6.07 Å². The normalized spacial score (nSPS) is 21.7. The fraction of sp³-hybridized carbons (Fsp3) is 0.533. The van der Waals surface area contributed by atoms with Gasteiger partial charge in [-0.2, -0.15) is 5.26 Å². The van der Waals surface area contributed by atoms with E-state index in [4.69, 9.17) is 5.26 Å². The van der Waals surface area contributed by atoms with Crippen LogP contribution < -0.4 is 0 Å². The molecule has 96 valence electrons. The van der Waals surface area contributed by atoms with E-state index in [1.807, 2.05) is 18.2 Å². The Balaban J connectivity index is 1.99. The quantitative estimate of drug-likeness (QED) is 0.814. The van der Waals surface area contributed by atoms with Gasteiger partial charge in [0.2, 0.25) is 0 Å². The SMILES string of the molecule is CCC1CN(Cc2cccc(C#N)c2)CCN1C. The molecule has 18 heavy (non-hydrogen) atoms. The number of benzene rings is 1. The van der Waals surface area contributed by atoms with Crippen molar-refractivity contribution in [3.05, 3.63) is 35.4 Å². The van der Waals surface area contributed by atoms with E-state index in [-0.39, 0.29) is 0 Å². The third kappa shape index (κ3) is 3.10. The van der Waals surface area contributed by atoms with E-state index >= 15 is 0 Å². The molecule has 1 aromatic carbocycles. The second-order valence-corrected chi connectivity index (χ2v) is 5.09. The molecule has 1 aliphatic heterocycles. The van der Waals surface area contributed by atoms with Crippen LogP contribution in [0.25, 0.3) is 0 Å². The fourth-order valence-electron chi connectivity index (χ4n) is 2.59. The van der Waals surface area contributed by atoms with Crippen LogP contribution >= 0.6 is 0 Å². The highest BCUT2D eigenvalue weighted by molar-refractivity contribution is 5.32. The van der Waals surface area contributed by atoms with Gasteiger partial charge in [0, 0.05) is 32.2 Å². The van der Waals surface area contributed by atoms with Crippen LogP contribution in [-0.4, -0.2) is 42.5 Å². The largest absolute Gasteiger partial charge is 0.301 e. The van der Waals surface area contributed by atoms with Gasteiger partial charge >= 0.3 is 0 Å². The van der Waals surface area contributed by atoms with Gasteiger partial charge in [-0.3, -0.25) is 4.90 Å². The molecule has 0 radical (unpaired) electrons. The van der Waals surface area contributed by atoms with Crippen molar-refractivity contribution in [1.29, 1.82) is 5.26 Å². The number of likely N-dealkylation sites (N-methyl/N-ethyl adjacent to an activating group) is 1. The molecular weight excluding hydrogens is 222 g/mol. The molecule has 1 fully saturated rings. The lowest BCUT2D eigenvalue weighted by Crippen LogP contribution is -2.50. The summed E-state index contributed by atoms with van der Waals surface area (Å²) in [5.41, 5.74) is 2.00. The summed E-state index contributed by atoms with van der Waals surface area (Å²) in [4.78, 5) is 4.94. The van der Waals surface area contributed by atoms with E-state index in [2.05, 4.69) is 35.9 Å². The molecule has 3 nitrogen and oxygen atoms in total. The summed E-state index contributed by atoms with van der Waals surface area (Å²) in [6.45, 7) is 6.59. The topological polar surface area (TPSA) is 30.3 Å². The zero-order valence-corrected chi connectivity index (χ0v) is 11.3. The molecule has 1 atom stereocenters. The first-order chi connectivity index (χ1) is 8.72. The maximum atomic E-state index is 8.91. The Kier molecular flexibility index (Phi) is 4.35. The molecule has 1 aromatic rings. The van der Waals surface area contributed by atoms with Crippen LogP contribution in [0.4, 0.5) is 0 Å². The Morgan fingerprint density at radius 2 is 2.22 bits per heavy atom. The van der Waals surface area contributed by atoms with Crippen molar-refractivity contribution in [3.63, 3.8) is 0 Å². The van der Waals surface area contributed by atoms with Gasteiger partial charge < -0.3 is 4.90 Å². The third-order valence-corrected chi connectivity index (χ3v) is 3.79. The van der Waals surface area contributed by atoms with Gasteiger partial charge in [-0.15, -0.1) is 0 Å². The molecular formula is C15H21N3. The average molecular weight is 243 g/mol. The first-order valence-electron chi connectivity index (χ1n) is 6.64. The molecule has 0 saturated carbocycles. The Morgan fingerprint density at radius 1 is 1.39 bits per heavy atom. The first-order valence-corrected chi connectivity index (χ1v) is 6.64. The summed E-state index contributed by atoms with van der Waals surface area (Å²) in [7, 11) is 2.21. The average Bonchev–Trinajstić information content (AvgIpc) is 2.41. The summed E-state index contributed by atoms with van der Waals surface area (Å²) in [6.07, 6.45) is 1.20. The summed E-state index contributed by atoms with van der Waals surface area (Å²) >= 11 is 0. The van der Waals surface area contributed by atoms with E-state index in [0.29, 0.717) is 6.04 Å². The maximum Gasteiger partial charge on any atom is 0.0991 e. The third-order valence-electron chi connectivity index (χ3n) is 3.79. The van der Waals surface area contributed by atoms with E-state index in [9.17, 15) is 0 Å². The Labute approximate surface area is 110 Å². The Hall–Kier alpha value is -1.37. The van der Waals surface area contributed by atoms with Gasteiger partial charge in [0.05, 0.1) is 11.6 Å². The molecule has 1 unspecified atom stereocenters. The van der Waals surface area contributed by atoms with Crippen LogP contribution in [0.1, 0.15) is 24.5 Å². The lowest BCUT2D eigenvalue weighted by molar-refractivity contribution is 0.0884. The van der Waals surface area contributed by atoms with Gasteiger partial charge in [0.1, 0.15) is 0 Å². The maximum absolute atomic E-state index is 8.91. The standard InChI is InChI=1S/C15H21N3/c1-3-15-12-18(8-7-17(15)2)11-14-6-4-5-13(9-14)10-16/h4-6,9,15H,3,7-8,11-12H2,1-2H3. The van der Waals surface area contributed by atoms with Crippen LogP contribution in [-0.2, 0) is 6.54 Å². The smallest absolute Gasteiger partial charge is 0.0991 e.